The normalized spacial score (nSPS) is 11.1. The summed E-state index contributed by atoms with van der Waals surface area (Å²) in [5.74, 6) is 0.343. The maximum atomic E-state index is 13.8. The molecule has 0 amide bonds. The Morgan fingerprint density at radius 2 is 1.75 bits per heavy atom. The molecule has 0 unspecified atom stereocenters. The largest absolute Gasteiger partial charge is 0.206 e. The van der Waals surface area contributed by atoms with E-state index in [9.17, 15) is 4.39 Å². The van der Waals surface area contributed by atoms with Gasteiger partial charge in [-0.05, 0) is 36.5 Å². The van der Waals surface area contributed by atoms with Gasteiger partial charge in [-0.25, -0.2) is 8.96 Å². The van der Waals surface area contributed by atoms with Crippen LogP contribution in [-0.2, 0) is 6.54 Å². The molecule has 0 spiro atoms. The lowest BCUT2D eigenvalue weighted by atomic mass is 9.95. The molecular weight excluding hydrogens is 273 g/mol. The van der Waals surface area contributed by atoms with Crippen LogP contribution >= 0.6 is 11.6 Å². The first-order chi connectivity index (χ1) is 9.65. The molecule has 0 fully saturated rings. The van der Waals surface area contributed by atoms with Crippen molar-refractivity contribution in [3.05, 3.63) is 64.7 Å². The summed E-state index contributed by atoms with van der Waals surface area (Å²) < 4.78 is 15.7. The Balaban J connectivity index is 2.19. The van der Waals surface area contributed by atoms with Crippen LogP contribution in [0.5, 0.6) is 0 Å². The highest BCUT2D eigenvalue weighted by molar-refractivity contribution is 6.31. The first-order valence-corrected chi connectivity index (χ1v) is 7.45. The number of pyridine rings is 1. The molecule has 0 aliphatic rings. The Hall–Kier alpha value is -1.41. The lowest BCUT2D eigenvalue weighted by Crippen LogP contribution is -2.34. The smallest absolute Gasteiger partial charge is 0.178 e. The molecule has 20 heavy (non-hydrogen) atoms. The molecule has 1 heterocycles. The average Bonchev–Trinajstić information content (AvgIpc) is 2.46. The Kier molecular flexibility index (Phi) is 5.13. The van der Waals surface area contributed by atoms with Crippen LogP contribution in [0.15, 0.2) is 42.7 Å². The number of hydrogen-bond acceptors (Lipinski definition) is 0. The molecule has 0 saturated carbocycles. The molecule has 106 valence electrons. The molecule has 3 heteroatoms. The van der Waals surface area contributed by atoms with Crippen molar-refractivity contribution >= 4 is 11.6 Å². The topological polar surface area (TPSA) is 3.88 Å². The van der Waals surface area contributed by atoms with Gasteiger partial charge in [0.15, 0.2) is 18.9 Å². The molecule has 1 nitrogen and oxygen atoms in total. The standard InChI is InChI=1S/C17H20ClFN/c1-3-13(4-2)14-8-10-20(11-9-14)12-15-16(18)6-5-7-17(15)19/h5-11,13H,3-4,12H2,1-2H3/q+1. The maximum absolute atomic E-state index is 13.8. The van der Waals surface area contributed by atoms with E-state index in [1.165, 1.54) is 11.6 Å². The third kappa shape index (κ3) is 3.37. The van der Waals surface area contributed by atoms with E-state index >= 15 is 0 Å². The first kappa shape index (κ1) is 15.0. The highest BCUT2D eigenvalue weighted by atomic mass is 35.5. The van der Waals surface area contributed by atoms with Crippen molar-refractivity contribution < 1.29 is 8.96 Å². The summed E-state index contributed by atoms with van der Waals surface area (Å²) in [7, 11) is 0. The van der Waals surface area contributed by atoms with Gasteiger partial charge in [0.1, 0.15) is 5.82 Å². The summed E-state index contributed by atoms with van der Waals surface area (Å²) in [5.41, 5.74) is 1.88. The molecule has 0 bridgehead atoms. The highest BCUT2D eigenvalue weighted by Crippen LogP contribution is 2.22. The van der Waals surface area contributed by atoms with Gasteiger partial charge in [-0.15, -0.1) is 0 Å². The van der Waals surface area contributed by atoms with Gasteiger partial charge in [-0.1, -0.05) is 31.5 Å². The summed E-state index contributed by atoms with van der Waals surface area (Å²) in [4.78, 5) is 0. The summed E-state index contributed by atoms with van der Waals surface area (Å²) in [6.45, 7) is 4.86. The third-order valence-electron chi connectivity index (χ3n) is 3.78. The number of hydrogen-bond donors (Lipinski definition) is 0. The van der Waals surface area contributed by atoms with E-state index in [4.69, 9.17) is 11.6 Å². The highest BCUT2D eigenvalue weighted by Gasteiger charge is 2.13. The molecule has 0 atom stereocenters. The van der Waals surface area contributed by atoms with E-state index in [0.717, 1.165) is 12.8 Å². The van der Waals surface area contributed by atoms with E-state index in [2.05, 4.69) is 26.0 Å². The van der Waals surface area contributed by atoms with Gasteiger partial charge in [0.05, 0.1) is 10.6 Å². The molecule has 0 aliphatic heterocycles. The SMILES string of the molecule is CCC(CC)c1cc[n+](Cc2c(F)cccc2Cl)cc1. The van der Waals surface area contributed by atoms with E-state index in [0.29, 0.717) is 23.0 Å². The van der Waals surface area contributed by atoms with Gasteiger partial charge < -0.3 is 0 Å². The summed E-state index contributed by atoms with van der Waals surface area (Å²) in [6, 6.07) is 9.03. The summed E-state index contributed by atoms with van der Waals surface area (Å²) >= 11 is 6.05. The van der Waals surface area contributed by atoms with Gasteiger partial charge in [0.2, 0.25) is 0 Å². The third-order valence-corrected chi connectivity index (χ3v) is 4.13. The number of rotatable bonds is 5. The minimum absolute atomic E-state index is 0.255. The van der Waals surface area contributed by atoms with E-state index < -0.39 is 0 Å². The van der Waals surface area contributed by atoms with Crippen LogP contribution in [-0.4, -0.2) is 0 Å². The Labute approximate surface area is 125 Å². The van der Waals surface area contributed by atoms with Crippen molar-refractivity contribution in [3.63, 3.8) is 0 Å². The average molecular weight is 293 g/mol. The zero-order chi connectivity index (χ0) is 14.5. The Bertz CT molecular complexity index is 541. The molecule has 0 saturated heterocycles. The molecule has 1 aromatic carbocycles. The van der Waals surface area contributed by atoms with Gasteiger partial charge in [0.25, 0.3) is 0 Å². The fraction of sp³-hybridized carbons (Fsp3) is 0.353. The number of nitrogens with zero attached hydrogens (tertiary/aromatic N) is 1. The van der Waals surface area contributed by atoms with Crippen LogP contribution in [0.4, 0.5) is 4.39 Å². The van der Waals surface area contributed by atoms with Crippen molar-refractivity contribution in [2.24, 2.45) is 0 Å². The van der Waals surface area contributed by atoms with Crippen molar-refractivity contribution in [3.8, 4) is 0 Å². The van der Waals surface area contributed by atoms with E-state index in [1.807, 2.05) is 17.0 Å². The van der Waals surface area contributed by atoms with Crippen molar-refractivity contribution in [2.75, 3.05) is 0 Å². The van der Waals surface area contributed by atoms with Gasteiger partial charge >= 0.3 is 0 Å². The fourth-order valence-corrected chi connectivity index (χ4v) is 2.70. The summed E-state index contributed by atoms with van der Waals surface area (Å²) in [6.07, 6.45) is 6.27. The zero-order valence-corrected chi connectivity index (χ0v) is 12.7. The number of aromatic nitrogens is 1. The van der Waals surface area contributed by atoms with E-state index in [-0.39, 0.29) is 5.82 Å². The lowest BCUT2D eigenvalue weighted by Gasteiger charge is -2.11. The lowest BCUT2D eigenvalue weighted by molar-refractivity contribution is -0.688. The maximum Gasteiger partial charge on any atom is 0.178 e. The van der Waals surface area contributed by atoms with E-state index in [1.54, 1.807) is 12.1 Å². The van der Waals surface area contributed by atoms with Crippen molar-refractivity contribution in [2.45, 2.75) is 39.2 Å². The molecule has 0 aliphatic carbocycles. The molecular formula is C17H20ClFN+. The Morgan fingerprint density at radius 1 is 1.10 bits per heavy atom. The van der Waals surface area contributed by atoms with Crippen LogP contribution in [0.3, 0.4) is 0 Å². The van der Waals surface area contributed by atoms with Crippen LogP contribution < -0.4 is 4.57 Å². The quantitative estimate of drug-likeness (QED) is 0.702. The zero-order valence-electron chi connectivity index (χ0n) is 11.9. The predicted octanol–water partition coefficient (Wildman–Crippen LogP) is 4.72. The van der Waals surface area contributed by atoms with Gasteiger partial charge in [-0.2, -0.15) is 0 Å². The van der Waals surface area contributed by atoms with Crippen molar-refractivity contribution in [1.82, 2.24) is 0 Å². The first-order valence-electron chi connectivity index (χ1n) is 7.07. The second-order valence-electron chi connectivity index (χ2n) is 5.02. The molecule has 1 aromatic heterocycles. The minimum atomic E-state index is -0.255. The van der Waals surface area contributed by atoms with Crippen LogP contribution in [0, 0.1) is 5.82 Å². The number of benzene rings is 1. The van der Waals surface area contributed by atoms with Crippen LogP contribution in [0.25, 0.3) is 0 Å². The van der Waals surface area contributed by atoms with Crippen LogP contribution in [0.1, 0.15) is 43.7 Å². The second kappa shape index (κ2) is 6.85. The summed E-state index contributed by atoms with van der Waals surface area (Å²) in [5, 5.41) is 0.474. The molecule has 0 N–H and O–H groups in total. The van der Waals surface area contributed by atoms with Gasteiger partial charge in [0, 0.05) is 12.1 Å². The Morgan fingerprint density at radius 3 is 2.30 bits per heavy atom. The number of halogens is 2. The molecule has 2 rings (SSSR count). The van der Waals surface area contributed by atoms with Crippen LogP contribution in [0.2, 0.25) is 5.02 Å². The van der Waals surface area contributed by atoms with Crippen molar-refractivity contribution in [1.29, 1.82) is 0 Å². The van der Waals surface area contributed by atoms with Gasteiger partial charge in [-0.3, -0.25) is 0 Å². The molecule has 2 aromatic rings. The monoisotopic (exact) mass is 292 g/mol. The minimum Gasteiger partial charge on any atom is -0.206 e. The fourth-order valence-electron chi connectivity index (χ4n) is 2.47. The molecule has 0 radical (unpaired) electrons. The second-order valence-corrected chi connectivity index (χ2v) is 5.42. The predicted molar refractivity (Wildman–Crippen MR) is 80.5 cm³/mol.